The molecule has 0 unspecified atom stereocenters. The fourth-order valence-electron chi connectivity index (χ4n) is 4.95. The minimum Gasteiger partial charge on any atom is -0.543 e. The highest BCUT2D eigenvalue weighted by atomic mass is 32.2. The van der Waals surface area contributed by atoms with Gasteiger partial charge in [0.25, 0.3) is 11.8 Å². The first-order valence-electron chi connectivity index (χ1n) is 10.6. The number of rotatable bonds is 6. The third-order valence-corrected chi connectivity index (χ3v) is 8.36. The predicted molar refractivity (Wildman–Crippen MR) is 123 cm³/mol. The fourth-order valence-corrected chi connectivity index (χ4v) is 6.83. The van der Waals surface area contributed by atoms with Crippen LogP contribution >= 0.6 is 23.1 Å². The summed E-state index contributed by atoms with van der Waals surface area (Å²) < 4.78 is 0.456. The van der Waals surface area contributed by atoms with E-state index in [0.717, 1.165) is 30.6 Å². The molecule has 0 radical (unpaired) electrons. The molecule has 1 aromatic rings. The number of aromatic nitrogens is 1. The number of fused-ring (bicyclic) bond motifs is 2. The van der Waals surface area contributed by atoms with Gasteiger partial charge >= 0.3 is 0 Å². The molecule has 178 valence electrons. The Morgan fingerprint density at radius 1 is 1.38 bits per heavy atom. The Hall–Kier alpha value is -3.16. The molecule has 0 bridgehead atoms. The second kappa shape index (κ2) is 8.25. The first-order chi connectivity index (χ1) is 16.2. The molecule has 1 aliphatic carbocycles. The summed E-state index contributed by atoms with van der Waals surface area (Å²) in [6.45, 7) is 0.420. The normalized spacial score (nSPS) is 25.4. The number of nitrogens with two attached hydrogens (primary N) is 1. The zero-order valence-electron chi connectivity index (χ0n) is 18.2. The number of carbonyl (C=O) groups is 3. The van der Waals surface area contributed by atoms with Crippen molar-refractivity contribution in [3.05, 3.63) is 45.9 Å². The predicted octanol–water partition coefficient (Wildman–Crippen LogP) is -0.281. The van der Waals surface area contributed by atoms with Crippen molar-refractivity contribution in [3.8, 4) is 0 Å². The Balaban J connectivity index is 1.34. The SMILES string of the molecule is C[N+]1(CC2=C(C(=O)[O-])N3C(=O)[C@@H](NC(=O)/C(=N\O)c4csc(N)n4)[C@H]3SC2)C=C2CCCC2=C1. The number of β-lactam (4-membered cyclic amide) rings is 1. The Morgan fingerprint density at radius 3 is 2.68 bits per heavy atom. The van der Waals surface area contributed by atoms with Gasteiger partial charge in [0.05, 0.1) is 18.7 Å². The average Bonchev–Trinajstić information content (AvgIpc) is 3.47. The summed E-state index contributed by atoms with van der Waals surface area (Å²) in [6, 6.07) is -0.971. The second-order valence-electron chi connectivity index (χ2n) is 8.79. The van der Waals surface area contributed by atoms with Crippen LogP contribution in [0.5, 0.6) is 0 Å². The number of carbonyl (C=O) groups excluding carboxylic acids is 3. The van der Waals surface area contributed by atoms with E-state index in [9.17, 15) is 24.7 Å². The lowest BCUT2D eigenvalue weighted by molar-refractivity contribution is -0.799. The highest BCUT2D eigenvalue weighted by Crippen LogP contribution is 2.43. The number of carboxylic acid groups (broad SMARTS) is 1. The van der Waals surface area contributed by atoms with E-state index in [4.69, 9.17) is 5.73 Å². The maximum absolute atomic E-state index is 12.9. The summed E-state index contributed by atoms with van der Waals surface area (Å²) in [5.41, 5.74) is 8.38. The van der Waals surface area contributed by atoms with E-state index in [1.54, 1.807) is 0 Å². The lowest BCUT2D eigenvalue weighted by Gasteiger charge is -2.51. The summed E-state index contributed by atoms with van der Waals surface area (Å²) in [5.74, 6) is -2.40. The Labute approximate surface area is 202 Å². The molecular formula is C21H22N6O5S2. The molecule has 1 saturated carbocycles. The van der Waals surface area contributed by atoms with Crippen LogP contribution in [-0.2, 0) is 14.4 Å². The number of hydrogen-bond donors (Lipinski definition) is 3. The molecule has 34 heavy (non-hydrogen) atoms. The second-order valence-corrected chi connectivity index (χ2v) is 10.8. The number of likely N-dealkylation sites (N-methyl/N-ethyl adjacent to an activating group) is 1. The number of hydrogen-bond acceptors (Lipinski definition) is 10. The van der Waals surface area contributed by atoms with Crippen molar-refractivity contribution in [2.24, 2.45) is 5.16 Å². The van der Waals surface area contributed by atoms with Gasteiger partial charge in [-0.05, 0) is 19.3 Å². The van der Waals surface area contributed by atoms with Gasteiger partial charge in [-0.2, -0.15) is 0 Å². The number of aliphatic carboxylic acids is 1. The van der Waals surface area contributed by atoms with Crippen LogP contribution in [0.25, 0.3) is 0 Å². The van der Waals surface area contributed by atoms with E-state index < -0.39 is 29.2 Å². The molecule has 1 saturated heterocycles. The van der Waals surface area contributed by atoms with Crippen LogP contribution in [0, 0.1) is 0 Å². The standard InChI is InChI=1S/C21H22N6O5S2/c1-27(5-10-3-2-4-11(10)6-27)7-12-8-33-19-15(18(29)26(19)16(12)20(30)31)24-17(28)14(25-32)13-9-34-21(22)23-13/h5-6,9,15,19H,2-4,7-8H2,1H3,(H4-,22,23,24,28,30,31,32)/t15-,19-/m1/s1. The van der Waals surface area contributed by atoms with Gasteiger partial charge in [0.15, 0.2) is 10.8 Å². The van der Waals surface area contributed by atoms with Crippen LogP contribution in [0.4, 0.5) is 5.13 Å². The van der Waals surface area contributed by atoms with E-state index in [0.29, 0.717) is 22.4 Å². The molecule has 13 heteroatoms. The quantitative estimate of drug-likeness (QED) is 0.157. The van der Waals surface area contributed by atoms with Crippen LogP contribution in [0.2, 0.25) is 0 Å². The van der Waals surface area contributed by atoms with Crippen molar-refractivity contribution < 1.29 is 29.2 Å². The Bertz CT molecular complexity index is 1210. The van der Waals surface area contributed by atoms with E-state index in [1.165, 1.54) is 33.2 Å². The van der Waals surface area contributed by atoms with Gasteiger partial charge in [-0.15, -0.1) is 23.1 Å². The number of thioether (sulfide) groups is 1. The number of amides is 2. The topological polar surface area (TPSA) is 161 Å². The van der Waals surface area contributed by atoms with Crippen LogP contribution < -0.4 is 16.2 Å². The summed E-state index contributed by atoms with van der Waals surface area (Å²) >= 11 is 2.44. The van der Waals surface area contributed by atoms with Gasteiger partial charge in [0.2, 0.25) is 0 Å². The lowest BCUT2D eigenvalue weighted by Crippen LogP contribution is -2.71. The van der Waals surface area contributed by atoms with Gasteiger partial charge in [0, 0.05) is 27.9 Å². The third-order valence-electron chi connectivity index (χ3n) is 6.34. The molecule has 1 aromatic heterocycles. The molecule has 4 aliphatic rings. The van der Waals surface area contributed by atoms with Crippen molar-refractivity contribution >= 4 is 51.7 Å². The number of oxime groups is 1. The summed E-state index contributed by atoms with van der Waals surface area (Å²) in [5, 5.41) is 27.9. The van der Waals surface area contributed by atoms with Crippen molar-refractivity contribution in [1.82, 2.24) is 15.2 Å². The van der Waals surface area contributed by atoms with Gasteiger partial charge in [0.1, 0.15) is 36.1 Å². The van der Waals surface area contributed by atoms with Crippen molar-refractivity contribution in [2.45, 2.75) is 30.7 Å². The monoisotopic (exact) mass is 502 g/mol. The van der Waals surface area contributed by atoms with E-state index in [1.807, 2.05) is 7.05 Å². The third kappa shape index (κ3) is 3.69. The molecule has 2 amide bonds. The molecule has 2 fully saturated rings. The maximum Gasteiger partial charge on any atom is 0.276 e. The number of thiazole rings is 1. The Kier molecular flexibility index (Phi) is 5.49. The van der Waals surface area contributed by atoms with Crippen LogP contribution in [-0.4, -0.2) is 73.8 Å². The minimum absolute atomic E-state index is 0.0793. The number of quaternary nitrogens is 1. The van der Waals surface area contributed by atoms with Crippen LogP contribution in [0.3, 0.4) is 0 Å². The van der Waals surface area contributed by atoms with Crippen LogP contribution in [0.1, 0.15) is 25.0 Å². The van der Waals surface area contributed by atoms with Gasteiger partial charge < -0.3 is 26.2 Å². The molecule has 3 aliphatic heterocycles. The first-order valence-corrected chi connectivity index (χ1v) is 12.5. The molecule has 0 spiro atoms. The van der Waals surface area contributed by atoms with Gasteiger partial charge in [-0.25, -0.2) is 4.98 Å². The zero-order chi connectivity index (χ0) is 24.2. The summed E-state index contributed by atoms with van der Waals surface area (Å²) in [7, 11) is 2.01. The number of anilines is 1. The first kappa shape index (κ1) is 22.6. The van der Waals surface area contributed by atoms with E-state index >= 15 is 0 Å². The molecular weight excluding hydrogens is 480 g/mol. The number of nitrogens with one attached hydrogen (secondary N) is 1. The fraction of sp³-hybridized carbons (Fsp3) is 0.381. The molecule has 5 rings (SSSR count). The van der Waals surface area contributed by atoms with Crippen molar-refractivity contribution in [1.29, 1.82) is 0 Å². The zero-order valence-corrected chi connectivity index (χ0v) is 19.8. The molecule has 11 nitrogen and oxygen atoms in total. The Morgan fingerprint density at radius 2 is 2.09 bits per heavy atom. The van der Waals surface area contributed by atoms with Gasteiger partial charge in [-0.1, -0.05) is 5.16 Å². The maximum atomic E-state index is 12.9. The smallest absolute Gasteiger partial charge is 0.276 e. The number of allylic oxidation sites excluding steroid dienone is 2. The van der Waals surface area contributed by atoms with Crippen LogP contribution in [0.15, 0.2) is 45.4 Å². The number of nitrogen functional groups attached to an aromatic ring is 1. The average molecular weight is 503 g/mol. The largest absolute Gasteiger partial charge is 0.543 e. The van der Waals surface area contributed by atoms with E-state index in [2.05, 4.69) is 27.9 Å². The molecule has 4 N–H and O–H groups in total. The molecule has 0 aromatic carbocycles. The summed E-state index contributed by atoms with van der Waals surface area (Å²) in [4.78, 5) is 42.7. The van der Waals surface area contributed by atoms with E-state index in [-0.39, 0.29) is 22.2 Å². The van der Waals surface area contributed by atoms with Crippen molar-refractivity contribution in [2.75, 3.05) is 25.1 Å². The van der Waals surface area contributed by atoms with Gasteiger partial charge in [-0.3, -0.25) is 19.0 Å². The lowest BCUT2D eigenvalue weighted by atomic mass is 10.0. The molecule has 2 atom stereocenters. The number of carboxylic acids is 1. The minimum atomic E-state index is -1.42. The highest BCUT2D eigenvalue weighted by molar-refractivity contribution is 8.00. The molecule has 4 heterocycles. The highest BCUT2D eigenvalue weighted by Gasteiger charge is 2.53. The van der Waals surface area contributed by atoms with Crippen molar-refractivity contribution in [3.63, 3.8) is 0 Å². The number of nitrogens with zero attached hydrogens (tertiary/aromatic N) is 4. The summed E-state index contributed by atoms with van der Waals surface area (Å²) in [6.07, 6.45) is 7.50.